The van der Waals surface area contributed by atoms with E-state index in [1.165, 1.54) is 0 Å². The monoisotopic (exact) mass is 358 g/mol. The number of rotatable bonds is 8. The lowest BCUT2D eigenvalue weighted by Gasteiger charge is -2.25. The number of carbonyl (C=O) groups is 3. The van der Waals surface area contributed by atoms with Crippen molar-refractivity contribution in [1.82, 2.24) is 10.6 Å². The molecule has 0 aromatic heterocycles. The van der Waals surface area contributed by atoms with E-state index in [0.717, 1.165) is 6.29 Å². The summed E-state index contributed by atoms with van der Waals surface area (Å²) in [5.41, 5.74) is -0.633. The van der Waals surface area contributed by atoms with Gasteiger partial charge in [0, 0.05) is 0 Å². The second kappa shape index (κ2) is 12.7. The normalized spacial score (nSPS) is 13.4. The number of nitrogens with one attached hydrogen (secondary N) is 2. The number of hydrogen-bond donors (Lipinski definition) is 2. The van der Waals surface area contributed by atoms with Crippen molar-refractivity contribution in [1.29, 1.82) is 0 Å². The van der Waals surface area contributed by atoms with Gasteiger partial charge in [0.25, 0.3) is 0 Å². The molecule has 0 aliphatic heterocycles. The van der Waals surface area contributed by atoms with E-state index in [-0.39, 0.29) is 17.7 Å². The molecule has 6 nitrogen and oxygen atoms in total. The lowest BCUT2D eigenvalue weighted by atomic mass is 10.0. The van der Waals surface area contributed by atoms with Crippen LogP contribution in [0.3, 0.4) is 0 Å². The van der Waals surface area contributed by atoms with Gasteiger partial charge in [0.2, 0.25) is 5.91 Å². The zero-order chi connectivity index (χ0) is 20.2. The Balaban J connectivity index is 0. The van der Waals surface area contributed by atoms with Crippen LogP contribution in [0.5, 0.6) is 0 Å². The van der Waals surface area contributed by atoms with Crippen molar-refractivity contribution in [3.8, 4) is 0 Å². The van der Waals surface area contributed by atoms with Crippen LogP contribution in [0.1, 0.15) is 75.2 Å². The third-order valence-electron chi connectivity index (χ3n) is 2.93. The highest BCUT2D eigenvalue weighted by atomic mass is 16.6. The molecule has 2 unspecified atom stereocenters. The summed E-state index contributed by atoms with van der Waals surface area (Å²) in [5, 5.41) is 5.29. The summed E-state index contributed by atoms with van der Waals surface area (Å²) < 4.78 is 5.20. The van der Waals surface area contributed by atoms with Gasteiger partial charge in [-0.2, -0.15) is 0 Å². The van der Waals surface area contributed by atoms with Crippen molar-refractivity contribution in [2.45, 2.75) is 92.8 Å². The highest BCUT2D eigenvalue weighted by molar-refractivity contribution is 5.87. The van der Waals surface area contributed by atoms with Crippen molar-refractivity contribution < 1.29 is 19.1 Å². The number of aldehydes is 1. The molecule has 0 radical (unpaired) electrons. The molecule has 0 heterocycles. The van der Waals surface area contributed by atoms with E-state index in [9.17, 15) is 14.4 Å². The number of amides is 2. The molecule has 0 aromatic rings. The molecule has 2 atom stereocenters. The average Bonchev–Trinajstić information content (AvgIpc) is 2.44. The maximum atomic E-state index is 12.4. The van der Waals surface area contributed by atoms with E-state index in [1.807, 2.05) is 41.5 Å². The molecule has 148 valence electrons. The molecule has 0 saturated heterocycles. The maximum absolute atomic E-state index is 12.4. The van der Waals surface area contributed by atoms with Gasteiger partial charge in [0.15, 0.2) is 0 Å². The second-order valence-electron chi connectivity index (χ2n) is 7.71. The molecule has 0 aliphatic rings. The van der Waals surface area contributed by atoms with Gasteiger partial charge in [-0.25, -0.2) is 4.79 Å². The first-order chi connectivity index (χ1) is 11.4. The number of hydrogen-bond acceptors (Lipinski definition) is 4. The Labute approximate surface area is 153 Å². The lowest BCUT2D eigenvalue weighted by molar-refractivity contribution is -0.126. The van der Waals surface area contributed by atoms with Crippen LogP contribution < -0.4 is 10.6 Å². The SMILES string of the molecule is CC.CC(C)CC(C=O)NC(=O)C(CC(C)C)NC(=O)OC(C)(C)C. The smallest absolute Gasteiger partial charge is 0.408 e. The maximum Gasteiger partial charge on any atom is 0.408 e. The minimum atomic E-state index is -0.723. The molecule has 0 fully saturated rings. The van der Waals surface area contributed by atoms with Gasteiger partial charge < -0.3 is 20.2 Å². The minimum Gasteiger partial charge on any atom is -0.444 e. The van der Waals surface area contributed by atoms with E-state index in [4.69, 9.17) is 4.74 Å². The van der Waals surface area contributed by atoms with E-state index in [0.29, 0.717) is 12.8 Å². The summed E-state index contributed by atoms with van der Waals surface area (Å²) in [6.45, 7) is 17.2. The predicted octanol–water partition coefficient (Wildman–Crippen LogP) is 3.68. The Bertz CT molecular complexity index is 401. The minimum absolute atomic E-state index is 0.209. The molecule has 6 heteroatoms. The largest absolute Gasteiger partial charge is 0.444 e. The van der Waals surface area contributed by atoms with Crippen LogP contribution in [-0.4, -0.2) is 36.0 Å². The fraction of sp³-hybridized carbons (Fsp3) is 0.842. The van der Waals surface area contributed by atoms with Crippen molar-refractivity contribution >= 4 is 18.3 Å². The lowest BCUT2D eigenvalue weighted by Crippen LogP contribution is -2.51. The van der Waals surface area contributed by atoms with E-state index in [1.54, 1.807) is 20.8 Å². The summed E-state index contributed by atoms with van der Waals surface area (Å²) in [7, 11) is 0. The summed E-state index contributed by atoms with van der Waals surface area (Å²) in [6.07, 6.45) is 1.14. The Morgan fingerprint density at radius 1 is 0.960 bits per heavy atom. The Kier molecular flexibility index (Phi) is 13.1. The standard InChI is InChI=1S/C17H32N2O4.C2H6/c1-11(2)8-13(10-20)18-15(21)14(9-12(3)4)19-16(22)23-17(5,6)7;1-2/h10-14H,8-9H2,1-7H3,(H,18,21)(H,19,22);1-2H3. The summed E-state index contributed by atoms with van der Waals surface area (Å²) >= 11 is 0. The highest BCUT2D eigenvalue weighted by Crippen LogP contribution is 2.10. The molecule has 0 spiro atoms. The van der Waals surface area contributed by atoms with Crippen molar-refractivity contribution in [2.24, 2.45) is 11.8 Å². The van der Waals surface area contributed by atoms with Gasteiger partial charge in [-0.15, -0.1) is 0 Å². The number of ether oxygens (including phenoxy) is 1. The molecule has 2 amide bonds. The second-order valence-corrected chi connectivity index (χ2v) is 7.71. The fourth-order valence-corrected chi connectivity index (χ4v) is 2.09. The summed E-state index contributed by atoms with van der Waals surface area (Å²) in [4.78, 5) is 35.4. The number of carbonyl (C=O) groups excluding carboxylic acids is 3. The van der Waals surface area contributed by atoms with E-state index in [2.05, 4.69) is 10.6 Å². The Morgan fingerprint density at radius 2 is 1.44 bits per heavy atom. The first-order valence-corrected chi connectivity index (χ1v) is 9.19. The van der Waals surface area contributed by atoms with Gasteiger partial charge in [0.1, 0.15) is 17.9 Å². The van der Waals surface area contributed by atoms with E-state index >= 15 is 0 Å². The fourth-order valence-electron chi connectivity index (χ4n) is 2.09. The van der Waals surface area contributed by atoms with Crippen LogP contribution in [0.4, 0.5) is 4.79 Å². The zero-order valence-electron chi connectivity index (χ0n) is 17.4. The van der Waals surface area contributed by atoms with Crippen LogP contribution >= 0.6 is 0 Å². The molecule has 0 aromatic carbocycles. The molecule has 0 aliphatic carbocycles. The van der Waals surface area contributed by atoms with Crippen LogP contribution in [0.15, 0.2) is 0 Å². The molecular formula is C19H38N2O4. The third-order valence-corrected chi connectivity index (χ3v) is 2.93. The molecule has 0 saturated carbocycles. The van der Waals surface area contributed by atoms with E-state index < -0.39 is 23.8 Å². The third kappa shape index (κ3) is 14.5. The van der Waals surface area contributed by atoms with Gasteiger partial charge in [-0.05, 0) is 45.4 Å². The number of alkyl carbamates (subject to hydrolysis) is 1. The van der Waals surface area contributed by atoms with Crippen molar-refractivity contribution in [3.05, 3.63) is 0 Å². The quantitative estimate of drug-likeness (QED) is 0.648. The summed E-state index contributed by atoms with van der Waals surface area (Å²) in [6, 6.07) is -1.27. The molecular weight excluding hydrogens is 320 g/mol. The predicted molar refractivity (Wildman–Crippen MR) is 101 cm³/mol. The zero-order valence-corrected chi connectivity index (χ0v) is 17.4. The average molecular weight is 359 g/mol. The van der Waals surface area contributed by atoms with Gasteiger partial charge in [-0.3, -0.25) is 4.79 Å². The van der Waals surface area contributed by atoms with Crippen LogP contribution in [0.2, 0.25) is 0 Å². The van der Waals surface area contributed by atoms with Gasteiger partial charge >= 0.3 is 6.09 Å². The summed E-state index contributed by atoms with van der Waals surface area (Å²) in [5.74, 6) is 0.135. The topological polar surface area (TPSA) is 84.5 Å². The molecule has 25 heavy (non-hydrogen) atoms. The molecule has 0 rings (SSSR count). The molecule has 0 bridgehead atoms. The molecule has 2 N–H and O–H groups in total. The van der Waals surface area contributed by atoms with Gasteiger partial charge in [0.05, 0.1) is 6.04 Å². The first-order valence-electron chi connectivity index (χ1n) is 9.19. The van der Waals surface area contributed by atoms with Crippen molar-refractivity contribution in [2.75, 3.05) is 0 Å². The Hall–Kier alpha value is -1.59. The Morgan fingerprint density at radius 3 is 1.80 bits per heavy atom. The van der Waals surface area contributed by atoms with Crippen molar-refractivity contribution in [3.63, 3.8) is 0 Å². The van der Waals surface area contributed by atoms with Gasteiger partial charge in [-0.1, -0.05) is 41.5 Å². The van der Waals surface area contributed by atoms with Crippen LogP contribution in [0.25, 0.3) is 0 Å². The highest BCUT2D eigenvalue weighted by Gasteiger charge is 2.26. The first kappa shape index (κ1) is 25.6. The van der Waals surface area contributed by atoms with Crippen LogP contribution in [0, 0.1) is 11.8 Å². The van der Waals surface area contributed by atoms with Crippen LogP contribution in [-0.2, 0) is 14.3 Å².